The summed E-state index contributed by atoms with van der Waals surface area (Å²) in [5, 5.41) is 8.70. The number of benzene rings is 2. The summed E-state index contributed by atoms with van der Waals surface area (Å²) >= 11 is 1.62. The highest BCUT2D eigenvalue weighted by Crippen LogP contribution is 2.38. The van der Waals surface area contributed by atoms with E-state index in [0.717, 1.165) is 27.6 Å². The van der Waals surface area contributed by atoms with Crippen molar-refractivity contribution in [3.63, 3.8) is 0 Å². The molecule has 5 nitrogen and oxygen atoms in total. The second-order valence-corrected chi connectivity index (χ2v) is 6.49. The molecule has 0 bridgehead atoms. The van der Waals surface area contributed by atoms with Crippen LogP contribution in [0.25, 0.3) is 26.6 Å². The molecule has 0 spiro atoms. The van der Waals surface area contributed by atoms with Gasteiger partial charge >= 0.3 is 0 Å². The van der Waals surface area contributed by atoms with E-state index in [0.29, 0.717) is 5.82 Å². The van der Waals surface area contributed by atoms with Crippen molar-refractivity contribution < 1.29 is 4.42 Å². The highest BCUT2D eigenvalue weighted by atomic mass is 32.1. The standard InChI is InChI=1S/C19H12N4OS/c1-2-7-13(8-3-1)21-22-18-17(15-10-6-12-24-15)23-14-9-4-5-11-16(14)25-19(23)20-18/h1-12H. The van der Waals surface area contributed by atoms with Crippen molar-refractivity contribution in [2.45, 2.75) is 0 Å². The first-order valence-corrected chi connectivity index (χ1v) is 8.62. The maximum Gasteiger partial charge on any atom is 0.205 e. The first kappa shape index (κ1) is 14.1. The van der Waals surface area contributed by atoms with Crippen LogP contribution in [0.1, 0.15) is 0 Å². The summed E-state index contributed by atoms with van der Waals surface area (Å²) in [7, 11) is 0. The zero-order valence-corrected chi connectivity index (χ0v) is 13.9. The Kier molecular flexibility index (Phi) is 3.21. The van der Waals surface area contributed by atoms with Gasteiger partial charge in [-0.05, 0) is 36.4 Å². The number of aromatic nitrogens is 2. The highest BCUT2D eigenvalue weighted by Gasteiger charge is 2.20. The van der Waals surface area contributed by atoms with E-state index in [1.165, 1.54) is 4.70 Å². The number of imidazole rings is 1. The Bertz CT molecular complexity index is 1190. The molecule has 0 N–H and O–H groups in total. The fourth-order valence-corrected chi connectivity index (χ4v) is 3.83. The summed E-state index contributed by atoms with van der Waals surface area (Å²) < 4.78 is 8.89. The van der Waals surface area contributed by atoms with Gasteiger partial charge in [-0.1, -0.05) is 41.7 Å². The van der Waals surface area contributed by atoms with E-state index in [4.69, 9.17) is 4.42 Å². The summed E-state index contributed by atoms with van der Waals surface area (Å²) in [4.78, 5) is 5.55. The molecule has 0 fully saturated rings. The molecule has 120 valence electrons. The number of nitrogens with zero attached hydrogens (tertiary/aromatic N) is 4. The fourth-order valence-electron chi connectivity index (χ4n) is 2.81. The molecular formula is C19H12N4OS. The van der Waals surface area contributed by atoms with Crippen molar-refractivity contribution in [3.05, 3.63) is 73.0 Å². The predicted molar refractivity (Wildman–Crippen MR) is 98.9 cm³/mol. The molecule has 0 amide bonds. The Morgan fingerprint density at radius 2 is 1.72 bits per heavy atom. The van der Waals surface area contributed by atoms with Gasteiger partial charge in [0.1, 0.15) is 5.69 Å². The average molecular weight is 344 g/mol. The summed E-state index contributed by atoms with van der Waals surface area (Å²) in [6.07, 6.45) is 1.65. The third-order valence-electron chi connectivity index (χ3n) is 3.91. The minimum absolute atomic E-state index is 0.552. The van der Waals surface area contributed by atoms with Crippen LogP contribution in [0.15, 0.2) is 87.6 Å². The maximum atomic E-state index is 5.64. The minimum atomic E-state index is 0.552. The van der Waals surface area contributed by atoms with Crippen molar-refractivity contribution in [1.29, 1.82) is 0 Å². The van der Waals surface area contributed by atoms with Gasteiger partial charge in [0.15, 0.2) is 10.7 Å². The van der Waals surface area contributed by atoms with Gasteiger partial charge in [-0.2, -0.15) is 4.98 Å². The maximum absolute atomic E-state index is 5.64. The lowest BCUT2D eigenvalue weighted by Gasteiger charge is -1.98. The molecule has 3 aromatic heterocycles. The Morgan fingerprint density at radius 1 is 0.880 bits per heavy atom. The monoisotopic (exact) mass is 344 g/mol. The quantitative estimate of drug-likeness (QED) is 0.365. The number of thiazole rings is 1. The third-order valence-corrected chi connectivity index (χ3v) is 4.93. The molecule has 0 aliphatic rings. The first-order chi connectivity index (χ1) is 12.4. The van der Waals surface area contributed by atoms with Crippen molar-refractivity contribution in [3.8, 4) is 11.5 Å². The van der Waals surface area contributed by atoms with Crippen LogP contribution >= 0.6 is 11.3 Å². The van der Waals surface area contributed by atoms with E-state index in [9.17, 15) is 0 Å². The number of furan rings is 1. The molecular weight excluding hydrogens is 332 g/mol. The van der Waals surface area contributed by atoms with Gasteiger partial charge in [0.2, 0.25) is 5.82 Å². The van der Waals surface area contributed by atoms with Crippen LogP contribution < -0.4 is 0 Å². The minimum Gasteiger partial charge on any atom is -0.463 e. The number of azo groups is 1. The molecule has 0 unspecified atom stereocenters. The summed E-state index contributed by atoms with van der Waals surface area (Å²) in [6.45, 7) is 0. The van der Waals surface area contributed by atoms with Gasteiger partial charge in [0.25, 0.3) is 0 Å². The molecule has 6 heteroatoms. The highest BCUT2D eigenvalue weighted by molar-refractivity contribution is 7.23. The second-order valence-electron chi connectivity index (χ2n) is 5.48. The molecule has 0 radical (unpaired) electrons. The molecule has 0 saturated carbocycles. The van der Waals surface area contributed by atoms with Crippen molar-refractivity contribution in [2.24, 2.45) is 10.2 Å². The van der Waals surface area contributed by atoms with Gasteiger partial charge in [-0.3, -0.25) is 4.40 Å². The van der Waals surface area contributed by atoms with Crippen LogP contribution in [0.4, 0.5) is 11.5 Å². The molecule has 0 atom stereocenters. The number of hydrogen-bond donors (Lipinski definition) is 0. The van der Waals surface area contributed by atoms with Gasteiger partial charge < -0.3 is 4.42 Å². The number of para-hydroxylation sites is 1. The Labute approximate surface area is 146 Å². The summed E-state index contributed by atoms with van der Waals surface area (Å²) in [5.74, 6) is 1.27. The Hall–Kier alpha value is -3.25. The molecule has 0 aliphatic carbocycles. The van der Waals surface area contributed by atoms with Crippen molar-refractivity contribution in [1.82, 2.24) is 9.38 Å². The zero-order valence-electron chi connectivity index (χ0n) is 13.0. The van der Waals surface area contributed by atoms with Crippen LogP contribution in [0.3, 0.4) is 0 Å². The smallest absolute Gasteiger partial charge is 0.205 e. The van der Waals surface area contributed by atoms with Gasteiger partial charge in [0.05, 0.1) is 22.2 Å². The van der Waals surface area contributed by atoms with Gasteiger partial charge in [0, 0.05) is 0 Å². The van der Waals surface area contributed by atoms with E-state index in [-0.39, 0.29) is 0 Å². The van der Waals surface area contributed by atoms with Crippen LogP contribution in [0.2, 0.25) is 0 Å². The van der Waals surface area contributed by atoms with E-state index >= 15 is 0 Å². The van der Waals surface area contributed by atoms with E-state index in [1.807, 2.05) is 54.6 Å². The normalized spacial score (nSPS) is 11.8. The topological polar surface area (TPSA) is 55.2 Å². The van der Waals surface area contributed by atoms with Crippen LogP contribution in [-0.2, 0) is 0 Å². The average Bonchev–Trinajstić information content (AvgIpc) is 3.36. The van der Waals surface area contributed by atoms with E-state index in [2.05, 4.69) is 31.7 Å². The lowest BCUT2D eigenvalue weighted by atomic mass is 10.3. The predicted octanol–water partition coefficient (Wildman–Crippen LogP) is 6.22. The van der Waals surface area contributed by atoms with Crippen LogP contribution in [0.5, 0.6) is 0 Å². The number of hydrogen-bond acceptors (Lipinski definition) is 5. The molecule has 3 heterocycles. The van der Waals surface area contributed by atoms with Gasteiger partial charge in [-0.15, -0.1) is 10.2 Å². The Morgan fingerprint density at radius 3 is 2.56 bits per heavy atom. The molecule has 0 saturated heterocycles. The molecule has 2 aromatic carbocycles. The molecule has 5 aromatic rings. The van der Waals surface area contributed by atoms with Crippen LogP contribution in [-0.4, -0.2) is 9.38 Å². The van der Waals surface area contributed by atoms with E-state index in [1.54, 1.807) is 17.6 Å². The fraction of sp³-hybridized carbons (Fsp3) is 0. The Balaban J connectivity index is 1.76. The molecule has 25 heavy (non-hydrogen) atoms. The largest absolute Gasteiger partial charge is 0.463 e. The number of fused-ring (bicyclic) bond motifs is 3. The SMILES string of the molecule is c1ccc(N=Nc2nc3sc4ccccc4n3c2-c2ccco2)cc1. The van der Waals surface area contributed by atoms with Gasteiger partial charge in [-0.25, -0.2) is 0 Å². The first-order valence-electron chi connectivity index (χ1n) is 7.81. The summed E-state index contributed by atoms with van der Waals surface area (Å²) in [6, 6.07) is 21.6. The molecule has 0 aliphatic heterocycles. The number of rotatable bonds is 3. The molecule has 5 rings (SSSR count). The summed E-state index contributed by atoms with van der Waals surface area (Å²) in [5.41, 5.74) is 2.69. The second kappa shape index (κ2) is 5.68. The van der Waals surface area contributed by atoms with Crippen LogP contribution in [0, 0.1) is 0 Å². The lowest BCUT2D eigenvalue weighted by molar-refractivity contribution is 0.580. The zero-order chi connectivity index (χ0) is 16.6. The third kappa shape index (κ3) is 2.35. The lowest BCUT2D eigenvalue weighted by Crippen LogP contribution is -1.84. The van der Waals surface area contributed by atoms with Crippen molar-refractivity contribution >= 4 is 38.0 Å². The van der Waals surface area contributed by atoms with E-state index < -0.39 is 0 Å². The van der Waals surface area contributed by atoms with Crippen molar-refractivity contribution in [2.75, 3.05) is 0 Å².